The molecule has 0 bridgehead atoms. The molecule has 1 saturated heterocycles. The van der Waals surface area contributed by atoms with E-state index in [2.05, 4.69) is 20.3 Å². The highest BCUT2D eigenvalue weighted by molar-refractivity contribution is 5.84. The van der Waals surface area contributed by atoms with Gasteiger partial charge in [0.05, 0.1) is 19.1 Å². The van der Waals surface area contributed by atoms with E-state index in [9.17, 15) is 10.2 Å². The average Bonchev–Trinajstić information content (AvgIpc) is 3.17. The number of rotatable bonds is 2. The number of aliphatic hydroxyl groups is 3. The zero-order chi connectivity index (χ0) is 14.6. The van der Waals surface area contributed by atoms with Crippen LogP contribution >= 0.6 is 0 Å². The van der Waals surface area contributed by atoms with Crippen LogP contribution in [0.3, 0.4) is 0 Å². The van der Waals surface area contributed by atoms with Crippen LogP contribution in [-0.4, -0.2) is 69.6 Å². The zero-order valence-electron chi connectivity index (χ0n) is 10.7. The summed E-state index contributed by atoms with van der Waals surface area (Å²) in [6.07, 6.45) is 0.536. The number of aromatic nitrogens is 6. The van der Waals surface area contributed by atoms with Gasteiger partial charge in [-0.3, -0.25) is 4.57 Å². The van der Waals surface area contributed by atoms with Crippen LogP contribution in [0.5, 0.6) is 0 Å². The normalized spacial score (nSPS) is 29.7. The molecule has 0 aliphatic carbocycles. The quantitative estimate of drug-likeness (QED) is 0.498. The summed E-state index contributed by atoms with van der Waals surface area (Å²) in [5.41, 5.74) is 1.42. The van der Waals surface area contributed by atoms with Crippen molar-refractivity contribution in [2.45, 2.75) is 24.5 Å². The van der Waals surface area contributed by atoms with Gasteiger partial charge in [0.1, 0.15) is 18.3 Å². The Balaban J connectivity index is 1.84. The Kier molecular flexibility index (Phi) is 2.65. The smallest absolute Gasteiger partial charge is 0.190 e. The number of hydrogen-bond donors (Lipinski definition) is 3. The first-order valence-electron chi connectivity index (χ1n) is 6.35. The van der Waals surface area contributed by atoms with Crippen molar-refractivity contribution in [2.24, 2.45) is 0 Å². The molecular formula is C11H12N6O4. The Morgan fingerprint density at radius 2 is 2.05 bits per heavy atom. The van der Waals surface area contributed by atoms with Gasteiger partial charge in [-0.1, -0.05) is 5.21 Å². The lowest BCUT2D eigenvalue weighted by Crippen LogP contribution is -2.33. The van der Waals surface area contributed by atoms with E-state index in [0.29, 0.717) is 16.8 Å². The molecule has 0 spiro atoms. The molecule has 0 saturated carbocycles. The van der Waals surface area contributed by atoms with E-state index in [1.54, 1.807) is 12.4 Å². The van der Waals surface area contributed by atoms with E-state index in [1.807, 2.05) is 0 Å². The summed E-state index contributed by atoms with van der Waals surface area (Å²) in [6.45, 7) is -0.391. The van der Waals surface area contributed by atoms with Crippen molar-refractivity contribution in [3.05, 3.63) is 18.7 Å². The van der Waals surface area contributed by atoms with Crippen molar-refractivity contribution in [2.75, 3.05) is 6.61 Å². The first kappa shape index (κ1) is 12.6. The summed E-state index contributed by atoms with van der Waals surface area (Å²) in [6, 6.07) is 0. The first-order chi connectivity index (χ1) is 10.2. The topological polar surface area (TPSA) is 131 Å². The molecule has 1 aliphatic heterocycles. The summed E-state index contributed by atoms with van der Waals surface area (Å²) < 4.78 is 8.42. The average molecular weight is 292 g/mol. The third-order valence-electron chi connectivity index (χ3n) is 3.63. The van der Waals surface area contributed by atoms with E-state index >= 15 is 0 Å². The van der Waals surface area contributed by atoms with Crippen LogP contribution in [0, 0.1) is 0 Å². The Hall–Kier alpha value is -2.14. The molecule has 10 nitrogen and oxygen atoms in total. The number of hydrogen-bond acceptors (Lipinski definition) is 8. The maximum absolute atomic E-state index is 10.1. The number of imidazole rings is 2. The Morgan fingerprint density at radius 3 is 2.81 bits per heavy atom. The molecule has 10 heteroatoms. The van der Waals surface area contributed by atoms with Crippen molar-refractivity contribution >= 4 is 16.8 Å². The van der Waals surface area contributed by atoms with Gasteiger partial charge in [0, 0.05) is 6.20 Å². The largest absolute Gasteiger partial charge is 0.394 e. The highest BCUT2D eigenvalue weighted by Gasteiger charge is 2.44. The van der Waals surface area contributed by atoms with E-state index in [-0.39, 0.29) is 0 Å². The maximum atomic E-state index is 10.1. The van der Waals surface area contributed by atoms with Gasteiger partial charge in [-0.15, -0.1) is 5.10 Å². The maximum Gasteiger partial charge on any atom is 0.190 e. The number of fused-ring (bicyclic) bond motifs is 3. The summed E-state index contributed by atoms with van der Waals surface area (Å²) in [7, 11) is 0. The summed E-state index contributed by atoms with van der Waals surface area (Å²) in [5.74, 6) is 0. The van der Waals surface area contributed by atoms with Crippen LogP contribution in [0.2, 0.25) is 0 Å². The minimum absolute atomic E-state index is 0.378. The standard InChI is InChI=1S/C11H12N6O4/c18-3-5-7(19)8(20)11(21-5)16-4-13-6-9-12-1-2-17(9)15-14-10(6)16/h1-2,4-5,7-8,11,18-20H,3H2/t5-,7-,8-,11-/m1/s1. The third-order valence-corrected chi connectivity index (χ3v) is 3.63. The Labute approximate surface area is 117 Å². The van der Waals surface area contributed by atoms with Crippen molar-refractivity contribution in [1.29, 1.82) is 0 Å². The third kappa shape index (κ3) is 1.67. The second-order valence-electron chi connectivity index (χ2n) is 4.84. The molecule has 4 heterocycles. The fraction of sp³-hybridized carbons (Fsp3) is 0.455. The summed E-state index contributed by atoms with van der Waals surface area (Å²) in [5, 5.41) is 37.0. The molecule has 3 N–H and O–H groups in total. The van der Waals surface area contributed by atoms with Crippen molar-refractivity contribution in [1.82, 2.24) is 29.4 Å². The van der Waals surface area contributed by atoms with Crippen LogP contribution in [0.15, 0.2) is 18.7 Å². The molecule has 0 aromatic carbocycles. The van der Waals surface area contributed by atoms with Crippen LogP contribution in [0.25, 0.3) is 16.8 Å². The fourth-order valence-electron chi connectivity index (χ4n) is 2.54. The van der Waals surface area contributed by atoms with Gasteiger partial charge >= 0.3 is 0 Å². The molecule has 1 fully saturated rings. The van der Waals surface area contributed by atoms with Crippen LogP contribution in [0.1, 0.15) is 6.23 Å². The van der Waals surface area contributed by atoms with Crippen LogP contribution in [-0.2, 0) is 4.74 Å². The van der Waals surface area contributed by atoms with Gasteiger partial charge in [0.15, 0.2) is 23.0 Å². The lowest BCUT2D eigenvalue weighted by Gasteiger charge is -2.16. The zero-order valence-corrected chi connectivity index (χ0v) is 10.7. The Morgan fingerprint density at radius 1 is 1.19 bits per heavy atom. The second-order valence-corrected chi connectivity index (χ2v) is 4.84. The highest BCUT2D eigenvalue weighted by atomic mass is 16.6. The lowest BCUT2D eigenvalue weighted by atomic mass is 10.1. The van der Waals surface area contributed by atoms with E-state index in [0.717, 1.165) is 0 Å². The molecule has 0 unspecified atom stereocenters. The molecule has 21 heavy (non-hydrogen) atoms. The van der Waals surface area contributed by atoms with Gasteiger partial charge in [-0.05, 0) is 0 Å². The van der Waals surface area contributed by atoms with Crippen molar-refractivity contribution in [3.8, 4) is 0 Å². The number of ether oxygens (including phenoxy) is 1. The van der Waals surface area contributed by atoms with Crippen molar-refractivity contribution < 1.29 is 20.1 Å². The van der Waals surface area contributed by atoms with Crippen molar-refractivity contribution in [3.63, 3.8) is 0 Å². The lowest BCUT2D eigenvalue weighted by molar-refractivity contribution is -0.0511. The molecule has 4 rings (SSSR count). The van der Waals surface area contributed by atoms with Gasteiger partial charge in [0.2, 0.25) is 0 Å². The molecule has 3 aromatic rings. The van der Waals surface area contributed by atoms with Crippen LogP contribution in [0.4, 0.5) is 0 Å². The predicted molar refractivity (Wildman–Crippen MR) is 67.1 cm³/mol. The number of aliphatic hydroxyl groups excluding tert-OH is 3. The minimum atomic E-state index is -1.20. The minimum Gasteiger partial charge on any atom is -0.394 e. The van der Waals surface area contributed by atoms with Gasteiger partial charge < -0.3 is 20.1 Å². The fourth-order valence-corrected chi connectivity index (χ4v) is 2.54. The van der Waals surface area contributed by atoms with Gasteiger partial charge in [-0.2, -0.15) is 0 Å². The van der Waals surface area contributed by atoms with Gasteiger partial charge in [0.25, 0.3) is 0 Å². The molecule has 110 valence electrons. The highest BCUT2D eigenvalue weighted by Crippen LogP contribution is 2.31. The van der Waals surface area contributed by atoms with E-state index in [4.69, 9.17) is 9.84 Å². The summed E-state index contributed by atoms with van der Waals surface area (Å²) >= 11 is 0. The second kappa shape index (κ2) is 4.43. The molecular weight excluding hydrogens is 280 g/mol. The van der Waals surface area contributed by atoms with Crippen LogP contribution < -0.4 is 0 Å². The van der Waals surface area contributed by atoms with E-state index in [1.165, 1.54) is 15.4 Å². The molecule has 0 radical (unpaired) electrons. The molecule has 1 aliphatic rings. The molecule has 4 atom stereocenters. The molecule has 0 amide bonds. The Bertz CT molecular complexity index is 800. The SMILES string of the molecule is OC[C@H]1O[C@@H](n2cnc3c2nnn2ccnc32)[C@H](O)[C@@H]1O. The predicted octanol–water partition coefficient (Wildman–Crippen LogP) is -1.91. The molecule has 3 aromatic heterocycles. The summed E-state index contributed by atoms with van der Waals surface area (Å²) in [4.78, 5) is 8.36. The van der Waals surface area contributed by atoms with E-state index < -0.39 is 31.1 Å². The first-order valence-corrected chi connectivity index (χ1v) is 6.35. The van der Waals surface area contributed by atoms with Gasteiger partial charge in [-0.25, -0.2) is 14.5 Å². The monoisotopic (exact) mass is 292 g/mol. The number of nitrogens with zero attached hydrogens (tertiary/aromatic N) is 6.